The van der Waals surface area contributed by atoms with Crippen molar-refractivity contribution in [2.75, 3.05) is 12.0 Å². The normalized spacial score (nSPS) is 16.6. The molecule has 116 valence electrons. The van der Waals surface area contributed by atoms with Gasteiger partial charge in [-0.05, 0) is 62.8 Å². The molecule has 1 aliphatic carbocycles. The van der Waals surface area contributed by atoms with Crippen LogP contribution in [0, 0.1) is 0 Å². The van der Waals surface area contributed by atoms with E-state index in [-0.39, 0.29) is 0 Å². The van der Waals surface area contributed by atoms with Gasteiger partial charge >= 0.3 is 0 Å². The second kappa shape index (κ2) is 5.81. The molecule has 0 radical (unpaired) electrons. The van der Waals surface area contributed by atoms with Crippen LogP contribution in [-0.2, 0) is 15.6 Å². The third-order valence-corrected chi connectivity index (χ3v) is 4.73. The van der Waals surface area contributed by atoms with E-state index >= 15 is 0 Å². The van der Waals surface area contributed by atoms with Gasteiger partial charge in [-0.1, -0.05) is 12.1 Å². The highest BCUT2D eigenvalue weighted by Crippen LogP contribution is 2.33. The summed E-state index contributed by atoms with van der Waals surface area (Å²) in [5, 5.41) is 0. The number of rotatable bonds is 4. The van der Waals surface area contributed by atoms with Gasteiger partial charge in [0, 0.05) is 11.3 Å². The molecule has 0 saturated heterocycles. The van der Waals surface area contributed by atoms with Crippen LogP contribution in [0.5, 0.6) is 0 Å². The number of allylic oxidation sites excluding steroid dienone is 2. The van der Waals surface area contributed by atoms with Gasteiger partial charge in [0.15, 0.2) is 0 Å². The first-order valence-corrected chi connectivity index (χ1v) is 9.16. The van der Waals surface area contributed by atoms with Crippen LogP contribution in [-0.4, -0.2) is 14.7 Å². The first-order chi connectivity index (χ1) is 9.69. The van der Waals surface area contributed by atoms with Gasteiger partial charge in [-0.2, -0.15) is 0 Å². The zero-order valence-electron chi connectivity index (χ0n) is 12.9. The monoisotopic (exact) mass is 308 g/mol. The van der Waals surface area contributed by atoms with Gasteiger partial charge in [0.05, 0.1) is 11.8 Å². The first-order valence-electron chi connectivity index (χ1n) is 7.27. The Morgan fingerprint density at radius 3 is 2.52 bits per heavy atom. The second-order valence-electron chi connectivity index (χ2n) is 6.28. The summed E-state index contributed by atoms with van der Waals surface area (Å²) in [5.74, 6) is 0. The minimum atomic E-state index is -3.27. The Morgan fingerprint density at radius 1 is 1.24 bits per heavy atom. The molecular formula is C16H24N2O2S. The van der Waals surface area contributed by atoms with Crippen molar-refractivity contribution in [3.05, 3.63) is 35.4 Å². The third-order valence-electron chi connectivity index (χ3n) is 3.85. The smallest absolute Gasteiger partial charge is 0.209 e. The van der Waals surface area contributed by atoms with Gasteiger partial charge in [-0.15, -0.1) is 0 Å². The number of benzene rings is 1. The van der Waals surface area contributed by atoms with Crippen LogP contribution in [0.2, 0.25) is 0 Å². The van der Waals surface area contributed by atoms with Gasteiger partial charge in [0.25, 0.3) is 0 Å². The summed E-state index contributed by atoms with van der Waals surface area (Å²) < 4.78 is 25.7. The Balaban J connectivity index is 2.40. The largest absolute Gasteiger partial charge is 0.398 e. The van der Waals surface area contributed by atoms with Gasteiger partial charge in [-0.25, -0.2) is 13.1 Å². The van der Waals surface area contributed by atoms with Crippen LogP contribution in [0.25, 0.3) is 5.57 Å². The number of hydrogen-bond donors (Lipinski definition) is 2. The summed E-state index contributed by atoms with van der Waals surface area (Å²) in [4.78, 5) is 0. The van der Waals surface area contributed by atoms with Crippen molar-refractivity contribution in [2.45, 2.75) is 45.1 Å². The maximum Gasteiger partial charge on any atom is 0.209 e. The molecule has 0 aromatic heterocycles. The van der Waals surface area contributed by atoms with Crippen molar-refractivity contribution in [3.63, 3.8) is 0 Å². The summed E-state index contributed by atoms with van der Waals surface area (Å²) in [5.41, 5.74) is 9.43. The molecule has 0 atom stereocenters. The second-order valence-corrected chi connectivity index (χ2v) is 8.02. The Hall–Kier alpha value is -1.33. The molecule has 0 bridgehead atoms. The predicted octanol–water partition coefficient (Wildman–Crippen LogP) is 3.01. The summed E-state index contributed by atoms with van der Waals surface area (Å²) in [7, 11) is -3.27. The van der Waals surface area contributed by atoms with Gasteiger partial charge in [0.2, 0.25) is 10.0 Å². The topological polar surface area (TPSA) is 72.2 Å². The number of nitrogens with two attached hydrogens (primary N) is 1. The molecular weight excluding hydrogens is 284 g/mol. The van der Waals surface area contributed by atoms with E-state index in [9.17, 15) is 8.42 Å². The summed E-state index contributed by atoms with van der Waals surface area (Å²) in [6.45, 7) is 3.72. The number of hydrogen-bond acceptors (Lipinski definition) is 3. The van der Waals surface area contributed by atoms with Crippen molar-refractivity contribution >= 4 is 21.3 Å². The number of anilines is 1. The maximum absolute atomic E-state index is 11.5. The van der Waals surface area contributed by atoms with E-state index in [4.69, 9.17) is 5.73 Å². The zero-order valence-corrected chi connectivity index (χ0v) is 13.8. The molecule has 2 rings (SSSR count). The fourth-order valence-corrected chi connectivity index (χ4v) is 3.87. The molecule has 4 nitrogen and oxygen atoms in total. The molecule has 1 aromatic rings. The highest BCUT2D eigenvalue weighted by Gasteiger charge is 2.25. The molecule has 5 heteroatoms. The molecule has 0 heterocycles. The lowest BCUT2D eigenvalue weighted by atomic mass is 9.88. The number of nitrogen functional groups attached to an aromatic ring is 1. The van der Waals surface area contributed by atoms with E-state index in [1.807, 2.05) is 32.0 Å². The molecule has 3 N–H and O–H groups in total. The predicted molar refractivity (Wildman–Crippen MR) is 88.3 cm³/mol. The van der Waals surface area contributed by atoms with Crippen molar-refractivity contribution < 1.29 is 8.42 Å². The average Bonchev–Trinajstić information content (AvgIpc) is 2.37. The zero-order chi connectivity index (χ0) is 15.7. The molecule has 0 amide bonds. The lowest BCUT2D eigenvalue weighted by Gasteiger charge is -2.27. The van der Waals surface area contributed by atoms with E-state index < -0.39 is 15.6 Å². The van der Waals surface area contributed by atoms with Gasteiger partial charge in [-0.3, -0.25) is 0 Å². The van der Waals surface area contributed by atoms with E-state index in [0.29, 0.717) is 0 Å². The summed E-state index contributed by atoms with van der Waals surface area (Å²) in [6, 6.07) is 5.77. The standard InChI is InChI=1S/C16H24N2O2S/c1-16(2,18-21(3,19)20)13-9-10-15(17)14(11-13)12-7-5-4-6-8-12/h7,9-11,18H,4-6,8,17H2,1-3H3. The lowest BCUT2D eigenvalue weighted by molar-refractivity contribution is 0.475. The maximum atomic E-state index is 11.5. The van der Waals surface area contributed by atoms with Crippen molar-refractivity contribution in [2.24, 2.45) is 0 Å². The quantitative estimate of drug-likeness (QED) is 0.840. The summed E-state index contributed by atoms with van der Waals surface area (Å²) >= 11 is 0. The molecule has 21 heavy (non-hydrogen) atoms. The van der Waals surface area contributed by atoms with Crippen LogP contribution in [0.15, 0.2) is 24.3 Å². The summed E-state index contributed by atoms with van der Waals surface area (Å²) in [6.07, 6.45) is 7.95. The van der Waals surface area contributed by atoms with E-state index in [0.717, 1.165) is 29.7 Å². The molecule has 1 aliphatic rings. The number of sulfonamides is 1. The van der Waals surface area contributed by atoms with Crippen molar-refractivity contribution in [3.8, 4) is 0 Å². The van der Waals surface area contributed by atoms with E-state index in [2.05, 4.69) is 10.8 Å². The molecule has 0 aliphatic heterocycles. The Morgan fingerprint density at radius 2 is 1.95 bits per heavy atom. The highest BCUT2D eigenvalue weighted by atomic mass is 32.2. The first kappa shape index (κ1) is 16.0. The average molecular weight is 308 g/mol. The minimum Gasteiger partial charge on any atom is -0.398 e. The van der Waals surface area contributed by atoms with Crippen LogP contribution >= 0.6 is 0 Å². The van der Waals surface area contributed by atoms with Crippen molar-refractivity contribution in [1.29, 1.82) is 0 Å². The third kappa shape index (κ3) is 4.08. The van der Waals surface area contributed by atoms with Gasteiger partial charge < -0.3 is 5.73 Å². The van der Waals surface area contributed by atoms with Crippen LogP contribution in [0.4, 0.5) is 5.69 Å². The molecule has 0 fully saturated rings. The fraction of sp³-hybridized carbons (Fsp3) is 0.500. The highest BCUT2D eigenvalue weighted by molar-refractivity contribution is 7.88. The molecule has 0 spiro atoms. The minimum absolute atomic E-state index is 0.661. The van der Waals surface area contributed by atoms with E-state index in [1.54, 1.807) is 0 Å². The fourth-order valence-electron chi connectivity index (χ4n) is 2.83. The Bertz CT molecular complexity index is 661. The Kier molecular flexibility index (Phi) is 4.44. The lowest BCUT2D eigenvalue weighted by Crippen LogP contribution is -2.40. The van der Waals surface area contributed by atoms with Gasteiger partial charge in [0.1, 0.15) is 0 Å². The number of nitrogens with one attached hydrogen (secondary N) is 1. The molecule has 0 saturated carbocycles. The van der Waals surface area contributed by atoms with Crippen LogP contribution < -0.4 is 10.5 Å². The molecule has 0 unspecified atom stereocenters. The van der Waals surface area contributed by atoms with Crippen molar-refractivity contribution in [1.82, 2.24) is 4.72 Å². The van der Waals surface area contributed by atoms with Crippen LogP contribution in [0.3, 0.4) is 0 Å². The molecule has 1 aromatic carbocycles. The SMILES string of the molecule is CC(C)(NS(C)(=O)=O)c1ccc(N)c(C2=CCCCC2)c1. The van der Waals surface area contributed by atoms with E-state index in [1.165, 1.54) is 24.7 Å². The van der Waals surface area contributed by atoms with Crippen LogP contribution in [0.1, 0.15) is 50.7 Å². The Labute approximate surface area is 127 Å².